The van der Waals surface area contributed by atoms with Crippen molar-refractivity contribution in [2.24, 2.45) is 5.92 Å². The number of hydrogen-bond acceptors (Lipinski definition) is 0. The molecule has 1 unspecified atom stereocenters. The van der Waals surface area contributed by atoms with Gasteiger partial charge in [-0.05, 0) is 6.42 Å². The lowest BCUT2D eigenvalue weighted by Gasteiger charge is -1.95. The molecule has 0 amide bonds. The van der Waals surface area contributed by atoms with Crippen LogP contribution in [0, 0.1) is 5.92 Å². The lowest BCUT2D eigenvalue weighted by molar-refractivity contribution is -0.638. The molecule has 0 aliphatic carbocycles. The first-order valence-electron chi connectivity index (χ1n) is 3.25. The molecule has 1 heterocycles. The largest absolute Gasteiger partial charge is 0.346 e. The molecule has 1 fully saturated rings. The molecule has 7 heavy (non-hydrogen) atoms. The zero-order valence-electron chi connectivity index (χ0n) is 4.98. The Morgan fingerprint density at radius 2 is 2.57 bits per heavy atom. The molecule has 1 nitrogen and oxygen atoms in total. The zero-order valence-corrected chi connectivity index (χ0v) is 4.98. The van der Waals surface area contributed by atoms with Gasteiger partial charge in [-0.1, -0.05) is 6.92 Å². The lowest BCUT2D eigenvalue weighted by atomic mass is 10.1. The summed E-state index contributed by atoms with van der Waals surface area (Å²) in [6.45, 7) is 5.04. The van der Waals surface area contributed by atoms with Gasteiger partial charge in [-0.3, -0.25) is 0 Å². The molecule has 1 rings (SSSR count). The third kappa shape index (κ3) is 1.16. The topological polar surface area (TPSA) is 16.6 Å². The van der Waals surface area contributed by atoms with Crippen molar-refractivity contribution in [2.75, 3.05) is 13.1 Å². The standard InChI is InChI=1S/C6H13N/c1-2-6-3-4-7-5-6/h6-7H,2-5H2,1H3/p+1. The van der Waals surface area contributed by atoms with E-state index in [9.17, 15) is 0 Å². The first-order valence-corrected chi connectivity index (χ1v) is 3.25. The van der Waals surface area contributed by atoms with Crippen LogP contribution in [0.5, 0.6) is 0 Å². The van der Waals surface area contributed by atoms with Gasteiger partial charge < -0.3 is 5.32 Å². The molecule has 0 spiro atoms. The third-order valence-corrected chi connectivity index (χ3v) is 1.86. The van der Waals surface area contributed by atoms with Crippen LogP contribution in [0.1, 0.15) is 19.8 Å². The quantitative estimate of drug-likeness (QED) is 0.477. The first kappa shape index (κ1) is 5.10. The molecular weight excluding hydrogens is 86.1 g/mol. The molecule has 0 aromatic rings. The second-order valence-electron chi connectivity index (χ2n) is 2.38. The molecule has 1 heteroatoms. The molecule has 2 N–H and O–H groups in total. The Morgan fingerprint density at radius 1 is 1.71 bits per heavy atom. The monoisotopic (exact) mass is 100 g/mol. The molecule has 42 valence electrons. The van der Waals surface area contributed by atoms with E-state index in [2.05, 4.69) is 12.2 Å². The van der Waals surface area contributed by atoms with Gasteiger partial charge in [-0.2, -0.15) is 0 Å². The smallest absolute Gasteiger partial charge is 0.0786 e. The van der Waals surface area contributed by atoms with E-state index >= 15 is 0 Å². The fraction of sp³-hybridized carbons (Fsp3) is 1.00. The lowest BCUT2D eigenvalue weighted by Crippen LogP contribution is -2.81. The molecule has 1 aliphatic heterocycles. The van der Waals surface area contributed by atoms with Crippen molar-refractivity contribution in [2.45, 2.75) is 19.8 Å². The molecule has 0 bridgehead atoms. The van der Waals surface area contributed by atoms with Gasteiger partial charge in [-0.15, -0.1) is 0 Å². The van der Waals surface area contributed by atoms with Gasteiger partial charge in [0.05, 0.1) is 13.1 Å². The summed E-state index contributed by atoms with van der Waals surface area (Å²) in [6, 6.07) is 0. The van der Waals surface area contributed by atoms with E-state index < -0.39 is 0 Å². The van der Waals surface area contributed by atoms with Gasteiger partial charge in [0.2, 0.25) is 0 Å². The molecule has 0 aromatic heterocycles. The van der Waals surface area contributed by atoms with Crippen LogP contribution in [0.3, 0.4) is 0 Å². The van der Waals surface area contributed by atoms with Crippen LogP contribution in [0.2, 0.25) is 0 Å². The van der Waals surface area contributed by atoms with Crippen LogP contribution in [-0.4, -0.2) is 13.1 Å². The normalized spacial score (nSPS) is 31.3. The SMILES string of the molecule is CCC1CC[NH2+]C1. The van der Waals surface area contributed by atoms with Gasteiger partial charge in [0.15, 0.2) is 0 Å². The highest BCUT2D eigenvalue weighted by Crippen LogP contribution is 2.05. The fourth-order valence-electron chi connectivity index (χ4n) is 1.20. The molecule has 1 saturated heterocycles. The molecular formula is C6H14N+. The predicted octanol–water partition coefficient (Wildman–Crippen LogP) is -0.0203. The van der Waals surface area contributed by atoms with Crippen LogP contribution in [-0.2, 0) is 0 Å². The summed E-state index contributed by atoms with van der Waals surface area (Å²) in [5.74, 6) is 1.04. The maximum absolute atomic E-state index is 2.41. The van der Waals surface area contributed by atoms with Crippen LogP contribution < -0.4 is 5.32 Å². The first-order chi connectivity index (χ1) is 3.43. The summed E-state index contributed by atoms with van der Waals surface area (Å²) >= 11 is 0. The molecule has 0 aromatic carbocycles. The van der Waals surface area contributed by atoms with Crippen molar-refractivity contribution in [1.82, 2.24) is 0 Å². The van der Waals surface area contributed by atoms with Gasteiger partial charge in [0.1, 0.15) is 0 Å². The number of rotatable bonds is 1. The molecule has 1 aliphatic rings. The van der Waals surface area contributed by atoms with Crippen molar-refractivity contribution >= 4 is 0 Å². The predicted molar refractivity (Wildman–Crippen MR) is 30.1 cm³/mol. The Hall–Kier alpha value is -0.0400. The summed E-state index contributed by atoms with van der Waals surface area (Å²) in [6.07, 6.45) is 2.84. The number of nitrogens with two attached hydrogens (primary N) is 1. The maximum atomic E-state index is 2.41. The average molecular weight is 100 g/mol. The Morgan fingerprint density at radius 3 is 2.86 bits per heavy atom. The van der Waals surface area contributed by atoms with Crippen LogP contribution in [0.4, 0.5) is 0 Å². The van der Waals surface area contributed by atoms with E-state index in [1.807, 2.05) is 0 Å². The van der Waals surface area contributed by atoms with E-state index in [1.54, 1.807) is 0 Å². The average Bonchev–Trinajstić information content (AvgIpc) is 2.14. The van der Waals surface area contributed by atoms with E-state index in [0.29, 0.717) is 0 Å². The minimum Gasteiger partial charge on any atom is -0.346 e. The molecule has 0 radical (unpaired) electrons. The molecule has 0 saturated carbocycles. The van der Waals surface area contributed by atoms with Crippen LogP contribution in [0.15, 0.2) is 0 Å². The van der Waals surface area contributed by atoms with Gasteiger partial charge in [-0.25, -0.2) is 0 Å². The van der Waals surface area contributed by atoms with Crippen LogP contribution in [0.25, 0.3) is 0 Å². The summed E-state index contributed by atoms with van der Waals surface area (Å²) in [7, 11) is 0. The van der Waals surface area contributed by atoms with Crippen molar-refractivity contribution in [3.8, 4) is 0 Å². The maximum Gasteiger partial charge on any atom is 0.0786 e. The highest BCUT2D eigenvalue weighted by Gasteiger charge is 2.14. The van der Waals surface area contributed by atoms with Gasteiger partial charge >= 0.3 is 0 Å². The Labute approximate surface area is 45.1 Å². The van der Waals surface area contributed by atoms with Crippen molar-refractivity contribution < 1.29 is 5.32 Å². The third-order valence-electron chi connectivity index (χ3n) is 1.86. The summed E-state index contributed by atoms with van der Waals surface area (Å²) in [5, 5.41) is 2.41. The minimum absolute atomic E-state index is 1.04. The number of hydrogen-bond donors (Lipinski definition) is 1. The van der Waals surface area contributed by atoms with Gasteiger partial charge in [0, 0.05) is 12.3 Å². The van der Waals surface area contributed by atoms with Gasteiger partial charge in [0.25, 0.3) is 0 Å². The van der Waals surface area contributed by atoms with E-state index in [0.717, 1.165) is 5.92 Å². The van der Waals surface area contributed by atoms with Crippen molar-refractivity contribution in [3.05, 3.63) is 0 Å². The number of quaternary nitrogens is 1. The summed E-state index contributed by atoms with van der Waals surface area (Å²) in [4.78, 5) is 0. The van der Waals surface area contributed by atoms with E-state index in [1.165, 1.54) is 25.9 Å². The summed E-state index contributed by atoms with van der Waals surface area (Å²) in [5.41, 5.74) is 0. The van der Waals surface area contributed by atoms with E-state index in [4.69, 9.17) is 0 Å². The van der Waals surface area contributed by atoms with Crippen molar-refractivity contribution in [3.63, 3.8) is 0 Å². The second-order valence-corrected chi connectivity index (χ2v) is 2.38. The van der Waals surface area contributed by atoms with E-state index in [-0.39, 0.29) is 0 Å². The highest BCUT2D eigenvalue weighted by molar-refractivity contribution is 4.56. The highest BCUT2D eigenvalue weighted by atomic mass is 14.9. The summed E-state index contributed by atoms with van der Waals surface area (Å²) < 4.78 is 0. The van der Waals surface area contributed by atoms with Crippen LogP contribution >= 0.6 is 0 Å². The fourth-order valence-corrected chi connectivity index (χ4v) is 1.20. The molecule has 1 atom stereocenters. The Kier molecular flexibility index (Phi) is 1.69. The minimum atomic E-state index is 1.04. The van der Waals surface area contributed by atoms with Crippen molar-refractivity contribution in [1.29, 1.82) is 0 Å². The second kappa shape index (κ2) is 2.31. The zero-order chi connectivity index (χ0) is 5.11. The Bertz CT molecular complexity index is 46.1. The Balaban J connectivity index is 2.14.